The molecule has 1 heterocycles. The summed E-state index contributed by atoms with van der Waals surface area (Å²) in [7, 11) is 0. The molecule has 0 radical (unpaired) electrons. The standard InChI is InChI=1S/C14H16ClNO2/c1-8(9-2-3-9)14(15)10-4-5-12-11(6-10)16-13(17)7-18-12/h4-6,8-9,14H,2-3,7H2,1H3,(H,16,17). The number of hydrogen-bond donors (Lipinski definition) is 1. The third kappa shape index (κ3) is 2.19. The van der Waals surface area contributed by atoms with Crippen molar-refractivity contribution in [2.75, 3.05) is 11.9 Å². The van der Waals surface area contributed by atoms with Crippen LogP contribution in [0.15, 0.2) is 18.2 Å². The molecular weight excluding hydrogens is 250 g/mol. The van der Waals surface area contributed by atoms with Crippen molar-refractivity contribution in [1.82, 2.24) is 0 Å². The van der Waals surface area contributed by atoms with Gasteiger partial charge in [-0.3, -0.25) is 4.79 Å². The molecule has 1 saturated carbocycles. The number of carbonyl (C=O) groups excluding carboxylic acids is 1. The predicted molar refractivity (Wildman–Crippen MR) is 71.0 cm³/mol. The third-order valence-corrected chi connectivity index (χ3v) is 4.43. The van der Waals surface area contributed by atoms with Crippen LogP contribution in [0.3, 0.4) is 0 Å². The van der Waals surface area contributed by atoms with Gasteiger partial charge >= 0.3 is 0 Å². The highest BCUT2D eigenvalue weighted by Gasteiger charge is 2.33. The van der Waals surface area contributed by atoms with Crippen molar-refractivity contribution in [2.24, 2.45) is 11.8 Å². The molecule has 2 atom stereocenters. The van der Waals surface area contributed by atoms with Gasteiger partial charge in [0.2, 0.25) is 0 Å². The zero-order chi connectivity index (χ0) is 12.7. The second kappa shape index (κ2) is 4.47. The Morgan fingerprint density at radius 1 is 1.44 bits per heavy atom. The summed E-state index contributed by atoms with van der Waals surface area (Å²) in [6.45, 7) is 2.29. The number of rotatable bonds is 3. The van der Waals surface area contributed by atoms with Crippen molar-refractivity contribution in [3.05, 3.63) is 23.8 Å². The number of fused-ring (bicyclic) bond motifs is 1. The van der Waals surface area contributed by atoms with E-state index in [4.69, 9.17) is 16.3 Å². The number of hydrogen-bond acceptors (Lipinski definition) is 2. The first kappa shape index (κ1) is 11.8. The van der Waals surface area contributed by atoms with E-state index in [-0.39, 0.29) is 17.9 Å². The maximum absolute atomic E-state index is 11.3. The molecule has 0 bridgehead atoms. The summed E-state index contributed by atoms with van der Waals surface area (Å²) in [4.78, 5) is 11.3. The molecule has 1 amide bonds. The van der Waals surface area contributed by atoms with Gasteiger partial charge in [0.05, 0.1) is 11.1 Å². The molecule has 0 aromatic heterocycles. The van der Waals surface area contributed by atoms with E-state index in [0.29, 0.717) is 5.92 Å². The fourth-order valence-electron chi connectivity index (χ4n) is 2.44. The quantitative estimate of drug-likeness (QED) is 0.852. The summed E-state index contributed by atoms with van der Waals surface area (Å²) in [5, 5.41) is 2.82. The smallest absolute Gasteiger partial charge is 0.262 e. The van der Waals surface area contributed by atoms with Gasteiger partial charge in [-0.1, -0.05) is 13.0 Å². The molecule has 1 aliphatic heterocycles. The monoisotopic (exact) mass is 265 g/mol. The molecule has 1 aromatic carbocycles. The Morgan fingerprint density at radius 3 is 2.94 bits per heavy atom. The number of amides is 1. The molecule has 0 spiro atoms. The van der Waals surface area contributed by atoms with Crippen molar-refractivity contribution in [1.29, 1.82) is 0 Å². The Labute approximate surface area is 111 Å². The topological polar surface area (TPSA) is 38.3 Å². The average molecular weight is 266 g/mol. The molecule has 96 valence electrons. The average Bonchev–Trinajstić information content (AvgIpc) is 3.20. The minimum Gasteiger partial charge on any atom is -0.482 e. The maximum atomic E-state index is 11.3. The lowest BCUT2D eigenvalue weighted by Gasteiger charge is -2.22. The first-order chi connectivity index (χ1) is 8.65. The minimum atomic E-state index is -0.110. The number of ether oxygens (including phenoxy) is 1. The van der Waals surface area contributed by atoms with E-state index in [1.165, 1.54) is 12.8 Å². The third-order valence-electron chi connectivity index (χ3n) is 3.78. The van der Waals surface area contributed by atoms with Gasteiger partial charge in [-0.05, 0) is 42.4 Å². The number of halogens is 1. The zero-order valence-electron chi connectivity index (χ0n) is 10.3. The summed E-state index contributed by atoms with van der Waals surface area (Å²) < 4.78 is 5.34. The van der Waals surface area contributed by atoms with E-state index in [2.05, 4.69) is 12.2 Å². The molecule has 3 rings (SSSR count). The Morgan fingerprint density at radius 2 is 2.22 bits per heavy atom. The van der Waals surface area contributed by atoms with Gasteiger partial charge in [-0.15, -0.1) is 11.6 Å². The summed E-state index contributed by atoms with van der Waals surface area (Å²) in [5.41, 5.74) is 1.79. The molecule has 1 fully saturated rings. The number of anilines is 1. The Kier molecular flexibility index (Phi) is 2.94. The first-order valence-electron chi connectivity index (χ1n) is 6.36. The van der Waals surface area contributed by atoms with Crippen molar-refractivity contribution >= 4 is 23.2 Å². The van der Waals surface area contributed by atoms with Crippen LogP contribution in [0.4, 0.5) is 5.69 Å². The lowest BCUT2D eigenvalue weighted by Crippen LogP contribution is -2.25. The molecule has 3 nitrogen and oxygen atoms in total. The fourth-order valence-corrected chi connectivity index (χ4v) is 2.78. The summed E-state index contributed by atoms with van der Waals surface area (Å²) in [6.07, 6.45) is 2.57. The van der Waals surface area contributed by atoms with Crippen molar-refractivity contribution in [3.8, 4) is 5.75 Å². The molecule has 18 heavy (non-hydrogen) atoms. The highest BCUT2D eigenvalue weighted by molar-refractivity contribution is 6.21. The Hall–Kier alpha value is -1.22. The van der Waals surface area contributed by atoms with Gasteiger partial charge < -0.3 is 10.1 Å². The van der Waals surface area contributed by atoms with Crippen molar-refractivity contribution in [2.45, 2.75) is 25.1 Å². The van der Waals surface area contributed by atoms with Gasteiger partial charge in [-0.25, -0.2) is 0 Å². The normalized spacial score (nSPS) is 21.6. The van der Waals surface area contributed by atoms with Crippen LogP contribution < -0.4 is 10.1 Å². The minimum absolute atomic E-state index is 0.00151. The predicted octanol–water partition coefficient (Wildman–Crippen LogP) is 3.34. The van der Waals surface area contributed by atoms with Gasteiger partial charge in [0.15, 0.2) is 6.61 Å². The lowest BCUT2D eigenvalue weighted by atomic mass is 9.95. The summed E-state index contributed by atoms with van der Waals surface area (Å²) >= 11 is 6.52. The van der Waals surface area contributed by atoms with Crippen LogP contribution in [0.1, 0.15) is 30.7 Å². The highest BCUT2D eigenvalue weighted by atomic mass is 35.5. The SMILES string of the molecule is CC(C1CC1)C(Cl)c1ccc2c(c1)NC(=O)CO2. The van der Waals surface area contributed by atoms with E-state index in [1.807, 2.05) is 18.2 Å². The van der Waals surface area contributed by atoms with Crippen LogP contribution in [-0.4, -0.2) is 12.5 Å². The largest absolute Gasteiger partial charge is 0.482 e. The van der Waals surface area contributed by atoms with Gasteiger partial charge in [0.25, 0.3) is 5.91 Å². The van der Waals surface area contributed by atoms with Crippen molar-refractivity contribution < 1.29 is 9.53 Å². The van der Waals surface area contributed by atoms with Crippen LogP contribution >= 0.6 is 11.6 Å². The second-order valence-corrected chi connectivity index (χ2v) is 5.66. The molecule has 2 unspecified atom stereocenters. The van der Waals surface area contributed by atoms with Crippen LogP contribution in [0.25, 0.3) is 0 Å². The van der Waals surface area contributed by atoms with Crippen LogP contribution in [0, 0.1) is 11.8 Å². The molecule has 1 aromatic rings. The van der Waals surface area contributed by atoms with E-state index in [0.717, 1.165) is 22.9 Å². The molecular formula is C14H16ClNO2. The number of benzene rings is 1. The van der Waals surface area contributed by atoms with Crippen LogP contribution in [0.2, 0.25) is 0 Å². The number of alkyl halides is 1. The van der Waals surface area contributed by atoms with Crippen LogP contribution in [0.5, 0.6) is 5.75 Å². The van der Waals surface area contributed by atoms with Gasteiger partial charge in [0.1, 0.15) is 5.75 Å². The second-order valence-electron chi connectivity index (χ2n) is 5.19. The molecule has 1 aliphatic carbocycles. The van der Waals surface area contributed by atoms with E-state index in [1.54, 1.807) is 0 Å². The van der Waals surface area contributed by atoms with Crippen LogP contribution in [-0.2, 0) is 4.79 Å². The summed E-state index contributed by atoms with van der Waals surface area (Å²) in [5.74, 6) is 1.85. The molecule has 4 heteroatoms. The molecule has 0 saturated heterocycles. The van der Waals surface area contributed by atoms with E-state index < -0.39 is 0 Å². The van der Waals surface area contributed by atoms with Gasteiger partial charge in [0, 0.05) is 0 Å². The zero-order valence-corrected chi connectivity index (χ0v) is 11.0. The number of carbonyl (C=O) groups is 1. The van der Waals surface area contributed by atoms with E-state index in [9.17, 15) is 4.79 Å². The van der Waals surface area contributed by atoms with Gasteiger partial charge in [-0.2, -0.15) is 0 Å². The lowest BCUT2D eigenvalue weighted by molar-refractivity contribution is -0.118. The maximum Gasteiger partial charge on any atom is 0.262 e. The fraction of sp³-hybridized carbons (Fsp3) is 0.500. The Bertz CT molecular complexity index is 485. The molecule has 2 aliphatic rings. The Balaban J connectivity index is 1.84. The van der Waals surface area contributed by atoms with E-state index >= 15 is 0 Å². The summed E-state index contributed by atoms with van der Waals surface area (Å²) in [6, 6.07) is 5.81. The highest BCUT2D eigenvalue weighted by Crippen LogP contribution is 2.46. The molecule has 1 N–H and O–H groups in total. The first-order valence-corrected chi connectivity index (χ1v) is 6.79. The van der Waals surface area contributed by atoms with Crippen molar-refractivity contribution in [3.63, 3.8) is 0 Å². The number of nitrogens with one attached hydrogen (secondary N) is 1.